The number of ketones is 1. The summed E-state index contributed by atoms with van der Waals surface area (Å²) in [7, 11) is 0. The third-order valence-corrected chi connectivity index (χ3v) is 2.72. The zero-order valence-corrected chi connectivity index (χ0v) is 9.62. The molecule has 17 heavy (non-hydrogen) atoms. The number of hydrogen-bond acceptors (Lipinski definition) is 2. The number of hydrogen-bond donors (Lipinski definition) is 0. The van der Waals surface area contributed by atoms with Crippen LogP contribution in [0, 0.1) is 5.82 Å². The molecule has 0 saturated heterocycles. The van der Waals surface area contributed by atoms with Gasteiger partial charge in [0.1, 0.15) is 5.82 Å². The molecule has 0 N–H and O–H groups in total. The minimum Gasteiger partial charge on any atom is -0.294 e. The van der Waals surface area contributed by atoms with E-state index in [1.165, 1.54) is 18.3 Å². The van der Waals surface area contributed by atoms with Gasteiger partial charge in [-0.05, 0) is 23.8 Å². The average molecular weight is 250 g/mol. The fraction of sp³-hybridized carbons (Fsp3) is 0.0769. The Kier molecular flexibility index (Phi) is 3.49. The molecule has 1 heterocycles. The lowest BCUT2D eigenvalue weighted by Gasteiger charge is -2.04. The van der Waals surface area contributed by atoms with Gasteiger partial charge in [-0.2, -0.15) is 0 Å². The second kappa shape index (κ2) is 5.06. The summed E-state index contributed by atoms with van der Waals surface area (Å²) >= 11 is 5.89. The Labute approximate surface area is 103 Å². The largest absolute Gasteiger partial charge is 0.294 e. The Bertz CT molecular complexity index is 557. The van der Waals surface area contributed by atoms with Crippen molar-refractivity contribution in [3.63, 3.8) is 0 Å². The van der Waals surface area contributed by atoms with Crippen LogP contribution in [-0.4, -0.2) is 10.8 Å². The Hall–Kier alpha value is -1.74. The van der Waals surface area contributed by atoms with Crippen LogP contribution >= 0.6 is 11.6 Å². The van der Waals surface area contributed by atoms with Crippen LogP contribution in [0.25, 0.3) is 0 Å². The van der Waals surface area contributed by atoms with Crippen molar-refractivity contribution in [1.29, 1.82) is 0 Å². The molecule has 0 radical (unpaired) electrons. The first kappa shape index (κ1) is 11.7. The number of pyridine rings is 1. The molecule has 0 atom stereocenters. The minimum absolute atomic E-state index is 0.0717. The average Bonchev–Trinajstić information content (AvgIpc) is 2.32. The molecule has 0 aliphatic heterocycles. The van der Waals surface area contributed by atoms with Crippen LogP contribution in [0.2, 0.25) is 5.02 Å². The predicted molar refractivity (Wildman–Crippen MR) is 63.7 cm³/mol. The first-order valence-electron chi connectivity index (χ1n) is 5.04. The molecule has 1 aromatic carbocycles. The molecule has 2 nitrogen and oxygen atoms in total. The van der Waals surface area contributed by atoms with E-state index in [-0.39, 0.29) is 17.8 Å². The van der Waals surface area contributed by atoms with E-state index < -0.39 is 5.82 Å². The van der Waals surface area contributed by atoms with Crippen molar-refractivity contribution in [2.75, 3.05) is 0 Å². The molecule has 0 aliphatic carbocycles. The Morgan fingerprint density at radius 2 is 2.06 bits per heavy atom. The van der Waals surface area contributed by atoms with Crippen LogP contribution in [0.4, 0.5) is 4.39 Å². The van der Waals surface area contributed by atoms with Crippen molar-refractivity contribution in [3.8, 4) is 0 Å². The molecule has 0 amide bonds. The number of halogens is 2. The zero-order chi connectivity index (χ0) is 12.3. The Morgan fingerprint density at radius 1 is 1.29 bits per heavy atom. The van der Waals surface area contributed by atoms with Crippen LogP contribution < -0.4 is 0 Å². The standard InChI is InChI=1S/C13H9ClFNO/c14-11-8-16-6-5-9(11)7-13(17)10-3-1-2-4-12(10)15/h1-6,8H,7H2. The normalized spacial score (nSPS) is 10.2. The van der Waals surface area contributed by atoms with Crippen LogP contribution in [0.1, 0.15) is 15.9 Å². The van der Waals surface area contributed by atoms with Gasteiger partial charge in [-0.15, -0.1) is 0 Å². The van der Waals surface area contributed by atoms with Gasteiger partial charge >= 0.3 is 0 Å². The summed E-state index contributed by atoms with van der Waals surface area (Å²) in [6.45, 7) is 0. The van der Waals surface area contributed by atoms with Crippen LogP contribution in [-0.2, 0) is 6.42 Å². The van der Waals surface area contributed by atoms with E-state index in [1.807, 2.05) is 0 Å². The maximum Gasteiger partial charge on any atom is 0.170 e. The van der Waals surface area contributed by atoms with E-state index in [2.05, 4.69) is 4.98 Å². The number of aromatic nitrogens is 1. The predicted octanol–water partition coefficient (Wildman–Crippen LogP) is 3.30. The molecule has 1 aromatic heterocycles. The second-order valence-electron chi connectivity index (χ2n) is 3.55. The quantitative estimate of drug-likeness (QED) is 0.782. The molecule has 2 rings (SSSR count). The smallest absolute Gasteiger partial charge is 0.170 e. The topological polar surface area (TPSA) is 30.0 Å². The summed E-state index contributed by atoms with van der Waals surface area (Å²) in [6, 6.07) is 7.56. The highest BCUT2D eigenvalue weighted by molar-refractivity contribution is 6.31. The molecule has 4 heteroatoms. The molecule has 2 aromatic rings. The molecule has 0 saturated carbocycles. The second-order valence-corrected chi connectivity index (χ2v) is 3.95. The molecule has 0 unspecified atom stereocenters. The summed E-state index contributed by atoms with van der Waals surface area (Å²) in [5.41, 5.74) is 0.732. The lowest BCUT2D eigenvalue weighted by atomic mass is 10.0. The number of Topliss-reactive ketones (excluding diaryl/α,β-unsaturated/α-hetero) is 1. The van der Waals surface area contributed by atoms with Crippen molar-refractivity contribution in [3.05, 3.63) is 64.7 Å². The third-order valence-electron chi connectivity index (χ3n) is 2.38. The van der Waals surface area contributed by atoms with Crippen LogP contribution in [0.3, 0.4) is 0 Å². The number of benzene rings is 1. The van der Waals surface area contributed by atoms with Gasteiger partial charge in [0.2, 0.25) is 0 Å². The van der Waals surface area contributed by atoms with Crippen molar-refractivity contribution in [2.45, 2.75) is 6.42 Å². The van der Waals surface area contributed by atoms with E-state index in [0.717, 1.165) is 0 Å². The first-order chi connectivity index (χ1) is 8.18. The van der Waals surface area contributed by atoms with E-state index >= 15 is 0 Å². The lowest BCUT2D eigenvalue weighted by Crippen LogP contribution is -2.06. The van der Waals surface area contributed by atoms with E-state index in [4.69, 9.17) is 11.6 Å². The van der Waals surface area contributed by atoms with Crippen molar-refractivity contribution < 1.29 is 9.18 Å². The molecule has 0 aliphatic rings. The van der Waals surface area contributed by atoms with Crippen molar-refractivity contribution >= 4 is 17.4 Å². The van der Waals surface area contributed by atoms with E-state index in [0.29, 0.717) is 10.6 Å². The van der Waals surface area contributed by atoms with Gasteiger partial charge in [-0.25, -0.2) is 4.39 Å². The number of nitrogens with zero attached hydrogens (tertiary/aromatic N) is 1. The molecule has 0 spiro atoms. The van der Waals surface area contributed by atoms with Crippen LogP contribution in [0.5, 0.6) is 0 Å². The Morgan fingerprint density at radius 3 is 2.76 bits per heavy atom. The minimum atomic E-state index is -0.511. The highest BCUT2D eigenvalue weighted by atomic mass is 35.5. The molecule has 0 bridgehead atoms. The summed E-state index contributed by atoms with van der Waals surface area (Å²) < 4.78 is 13.4. The van der Waals surface area contributed by atoms with Gasteiger partial charge in [0.15, 0.2) is 5.78 Å². The first-order valence-corrected chi connectivity index (χ1v) is 5.42. The molecule has 86 valence electrons. The van der Waals surface area contributed by atoms with Crippen LogP contribution in [0.15, 0.2) is 42.7 Å². The molecular formula is C13H9ClFNO. The van der Waals surface area contributed by atoms with Gasteiger partial charge in [0, 0.05) is 18.8 Å². The fourth-order valence-corrected chi connectivity index (χ4v) is 1.69. The van der Waals surface area contributed by atoms with Gasteiger partial charge in [-0.1, -0.05) is 23.7 Å². The third kappa shape index (κ3) is 2.68. The number of rotatable bonds is 3. The summed E-state index contributed by atoms with van der Waals surface area (Å²) in [4.78, 5) is 15.7. The number of carbonyl (C=O) groups excluding carboxylic acids is 1. The van der Waals surface area contributed by atoms with Gasteiger partial charge < -0.3 is 0 Å². The van der Waals surface area contributed by atoms with E-state index in [1.54, 1.807) is 24.4 Å². The van der Waals surface area contributed by atoms with Crippen molar-refractivity contribution in [2.24, 2.45) is 0 Å². The summed E-state index contributed by atoms with van der Waals surface area (Å²) in [5.74, 6) is -0.807. The SMILES string of the molecule is O=C(Cc1ccncc1Cl)c1ccccc1F. The highest BCUT2D eigenvalue weighted by Gasteiger charge is 2.12. The monoisotopic (exact) mass is 249 g/mol. The number of carbonyl (C=O) groups is 1. The highest BCUT2D eigenvalue weighted by Crippen LogP contribution is 2.17. The van der Waals surface area contributed by atoms with Crippen molar-refractivity contribution in [1.82, 2.24) is 4.98 Å². The Balaban J connectivity index is 2.24. The van der Waals surface area contributed by atoms with Gasteiger partial charge in [0.05, 0.1) is 10.6 Å². The maximum absolute atomic E-state index is 13.4. The van der Waals surface area contributed by atoms with Gasteiger partial charge in [-0.3, -0.25) is 9.78 Å². The zero-order valence-electron chi connectivity index (χ0n) is 8.86. The maximum atomic E-state index is 13.4. The summed E-state index contributed by atoms with van der Waals surface area (Å²) in [6.07, 6.45) is 3.09. The lowest BCUT2D eigenvalue weighted by molar-refractivity contribution is 0.0989. The fourth-order valence-electron chi connectivity index (χ4n) is 1.50. The van der Waals surface area contributed by atoms with Gasteiger partial charge in [0.25, 0.3) is 0 Å². The molecular weight excluding hydrogens is 241 g/mol. The summed E-state index contributed by atoms with van der Waals surface area (Å²) in [5, 5.41) is 0.414. The van der Waals surface area contributed by atoms with E-state index in [9.17, 15) is 9.18 Å². The molecule has 0 fully saturated rings.